The topological polar surface area (TPSA) is 69.6 Å². The van der Waals surface area contributed by atoms with E-state index in [0.29, 0.717) is 25.2 Å². The second-order valence-corrected chi connectivity index (χ2v) is 6.70. The summed E-state index contributed by atoms with van der Waals surface area (Å²) in [5.74, 6) is 0. The summed E-state index contributed by atoms with van der Waals surface area (Å²) in [5.41, 5.74) is -0.110. The van der Waals surface area contributed by atoms with Gasteiger partial charge in [0.2, 0.25) is 10.0 Å². The van der Waals surface area contributed by atoms with Gasteiger partial charge in [0, 0.05) is 13.1 Å². The van der Waals surface area contributed by atoms with Crippen LogP contribution in [0.2, 0.25) is 0 Å². The first-order valence-electron chi connectivity index (χ1n) is 5.86. The van der Waals surface area contributed by atoms with E-state index < -0.39 is 15.6 Å². The summed E-state index contributed by atoms with van der Waals surface area (Å²) in [6.07, 6.45) is 0.640. The van der Waals surface area contributed by atoms with Gasteiger partial charge in [-0.2, -0.15) is 0 Å². The van der Waals surface area contributed by atoms with Crippen LogP contribution < -0.4 is 9.62 Å². The average molecular weight is 270 g/mol. The molecule has 100 valence electrons. The maximum absolute atomic E-state index is 11.9. The van der Waals surface area contributed by atoms with Crippen molar-refractivity contribution in [1.82, 2.24) is 4.72 Å². The summed E-state index contributed by atoms with van der Waals surface area (Å²) in [6.45, 7) is 2.87. The van der Waals surface area contributed by atoms with Gasteiger partial charge in [-0.3, -0.25) is 0 Å². The lowest BCUT2D eigenvalue weighted by molar-refractivity contribution is 0.0839. The molecule has 1 unspecified atom stereocenters. The molecule has 0 saturated carbocycles. The highest BCUT2D eigenvalue weighted by Crippen LogP contribution is 2.31. The van der Waals surface area contributed by atoms with Gasteiger partial charge in [-0.15, -0.1) is 0 Å². The number of β-amino-alcohol motifs (C(OH)–C–C–N with tert-alkyl or cyclic N) is 1. The number of hydrogen-bond donors (Lipinski definition) is 2. The first-order chi connectivity index (χ1) is 8.36. The number of nitrogens with zero attached hydrogens (tertiary/aromatic N) is 1. The lowest BCUT2D eigenvalue weighted by atomic mass is 10.1. The van der Waals surface area contributed by atoms with Gasteiger partial charge in [-0.1, -0.05) is 12.1 Å². The number of aliphatic hydroxyl groups is 1. The van der Waals surface area contributed by atoms with Crippen LogP contribution >= 0.6 is 0 Å². The molecule has 6 heteroatoms. The maximum atomic E-state index is 11.9. The van der Waals surface area contributed by atoms with Crippen LogP contribution in [0.5, 0.6) is 0 Å². The van der Waals surface area contributed by atoms with E-state index in [9.17, 15) is 13.5 Å². The molecule has 1 atom stereocenters. The van der Waals surface area contributed by atoms with Crippen LogP contribution in [-0.2, 0) is 10.0 Å². The summed E-state index contributed by atoms with van der Waals surface area (Å²) in [5, 5.41) is 9.97. The molecule has 0 aliphatic carbocycles. The first kappa shape index (κ1) is 13.3. The van der Waals surface area contributed by atoms with Gasteiger partial charge in [-0.25, -0.2) is 13.1 Å². The van der Waals surface area contributed by atoms with E-state index in [2.05, 4.69) is 4.72 Å². The predicted molar refractivity (Wildman–Crippen MR) is 70.1 cm³/mol. The van der Waals surface area contributed by atoms with E-state index in [-0.39, 0.29) is 4.90 Å². The average Bonchev–Trinajstić information content (AvgIpc) is 2.70. The SMILES string of the molecule is CNS(=O)(=O)c1ccccc1N1CCC(C)(O)C1. The monoisotopic (exact) mass is 270 g/mol. The van der Waals surface area contributed by atoms with E-state index in [1.807, 2.05) is 4.90 Å². The van der Waals surface area contributed by atoms with E-state index in [1.54, 1.807) is 31.2 Å². The molecule has 1 fully saturated rings. The number of sulfonamides is 1. The molecule has 5 nitrogen and oxygen atoms in total. The summed E-state index contributed by atoms with van der Waals surface area (Å²) in [7, 11) is -2.08. The number of rotatable bonds is 3. The highest BCUT2D eigenvalue weighted by molar-refractivity contribution is 7.89. The van der Waals surface area contributed by atoms with Gasteiger partial charge in [0.15, 0.2) is 0 Å². The Labute approximate surface area is 107 Å². The van der Waals surface area contributed by atoms with Crippen LogP contribution in [0, 0.1) is 0 Å². The molecule has 2 rings (SSSR count). The highest BCUT2D eigenvalue weighted by Gasteiger charge is 2.33. The third-order valence-corrected chi connectivity index (χ3v) is 4.68. The van der Waals surface area contributed by atoms with E-state index >= 15 is 0 Å². The molecule has 1 aliphatic rings. The largest absolute Gasteiger partial charge is 0.388 e. The van der Waals surface area contributed by atoms with Gasteiger partial charge in [0.1, 0.15) is 4.90 Å². The van der Waals surface area contributed by atoms with Crippen molar-refractivity contribution in [1.29, 1.82) is 0 Å². The van der Waals surface area contributed by atoms with Crippen LogP contribution in [0.15, 0.2) is 29.2 Å². The van der Waals surface area contributed by atoms with Crippen LogP contribution in [0.3, 0.4) is 0 Å². The van der Waals surface area contributed by atoms with Crippen LogP contribution in [-0.4, -0.2) is 39.3 Å². The molecule has 1 aliphatic heterocycles. The molecule has 1 aromatic rings. The number of benzene rings is 1. The Morgan fingerprint density at radius 1 is 1.39 bits per heavy atom. The van der Waals surface area contributed by atoms with Gasteiger partial charge in [-0.05, 0) is 32.5 Å². The molecule has 0 amide bonds. The summed E-state index contributed by atoms with van der Waals surface area (Å²) < 4.78 is 26.2. The minimum Gasteiger partial charge on any atom is -0.388 e. The Morgan fingerprint density at radius 2 is 2.06 bits per heavy atom. The minimum atomic E-state index is -3.48. The molecule has 18 heavy (non-hydrogen) atoms. The van der Waals surface area contributed by atoms with Crippen molar-refractivity contribution >= 4 is 15.7 Å². The Balaban J connectivity index is 2.41. The van der Waals surface area contributed by atoms with Crippen LogP contribution in [0.1, 0.15) is 13.3 Å². The number of nitrogens with one attached hydrogen (secondary N) is 1. The molecule has 2 N–H and O–H groups in total. The molecule has 0 aromatic heterocycles. The zero-order chi connectivity index (χ0) is 13.4. The zero-order valence-corrected chi connectivity index (χ0v) is 11.4. The Morgan fingerprint density at radius 3 is 2.61 bits per heavy atom. The Hall–Kier alpha value is -1.11. The molecule has 1 aromatic carbocycles. The number of para-hydroxylation sites is 1. The third kappa shape index (κ3) is 2.50. The van der Waals surface area contributed by atoms with Crippen LogP contribution in [0.25, 0.3) is 0 Å². The van der Waals surface area contributed by atoms with E-state index in [4.69, 9.17) is 0 Å². The summed E-state index contributed by atoms with van der Waals surface area (Å²) >= 11 is 0. The lowest BCUT2D eigenvalue weighted by Crippen LogP contribution is -2.31. The third-order valence-electron chi connectivity index (χ3n) is 3.22. The van der Waals surface area contributed by atoms with Crippen LogP contribution in [0.4, 0.5) is 5.69 Å². The van der Waals surface area contributed by atoms with Crippen molar-refractivity contribution in [3.63, 3.8) is 0 Å². The second kappa shape index (κ2) is 4.53. The lowest BCUT2D eigenvalue weighted by Gasteiger charge is -2.23. The summed E-state index contributed by atoms with van der Waals surface area (Å²) in [4.78, 5) is 2.16. The molecule has 0 radical (unpaired) electrons. The van der Waals surface area contributed by atoms with Crippen molar-refractivity contribution < 1.29 is 13.5 Å². The highest BCUT2D eigenvalue weighted by atomic mass is 32.2. The standard InChI is InChI=1S/C12H18N2O3S/c1-12(15)7-8-14(9-12)10-5-3-4-6-11(10)18(16,17)13-2/h3-6,13,15H,7-9H2,1-2H3. The van der Waals surface area contributed by atoms with Crippen molar-refractivity contribution in [3.8, 4) is 0 Å². The summed E-state index contributed by atoms with van der Waals surface area (Å²) in [6, 6.07) is 6.85. The fourth-order valence-corrected chi connectivity index (χ4v) is 3.16. The number of hydrogen-bond acceptors (Lipinski definition) is 4. The molecule has 0 bridgehead atoms. The molecular formula is C12H18N2O3S. The maximum Gasteiger partial charge on any atom is 0.242 e. The fourth-order valence-electron chi connectivity index (χ4n) is 2.21. The van der Waals surface area contributed by atoms with Gasteiger partial charge in [0.25, 0.3) is 0 Å². The quantitative estimate of drug-likeness (QED) is 0.842. The zero-order valence-electron chi connectivity index (χ0n) is 10.5. The van der Waals surface area contributed by atoms with Crippen molar-refractivity contribution in [2.75, 3.05) is 25.0 Å². The predicted octanol–water partition coefficient (Wildman–Crippen LogP) is 0.556. The molecule has 0 spiro atoms. The van der Waals surface area contributed by atoms with Gasteiger partial charge in [0.05, 0.1) is 11.3 Å². The van der Waals surface area contributed by atoms with Gasteiger partial charge >= 0.3 is 0 Å². The van der Waals surface area contributed by atoms with Crippen molar-refractivity contribution in [3.05, 3.63) is 24.3 Å². The molecule has 1 heterocycles. The second-order valence-electron chi connectivity index (χ2n) is 4.84. The smallest absolute Gasteiger partial charge is 0.242 e. The molecule has 1 saturated heterocycles. The van der Waals surface area contributed by atoms with E-state index in [1.165, 1.54) is 7.05 Å². The van der Waals surface area contributed by atoms with Gasteiger partial charge < -0.3 is 10.0 Å². The Kier molecular flexibility index (Phi) is 3.35. The first-order valence-corrected chi connectivity index (χ1v) is 7.34. The van der Waals surface area contributed by atoms with Crippen molar-refractivity contribution in [2.45, 2.75) is 23.8 Å². The van der Waals surface area contributed by atoms with E-state index in [0.717, 1.165) is 0 Å². The Bertz CT molecular complexity index is 540. The minimum absolute atomic E-state index is 0.255. The normalized spacial score (nSPS) is 24.5. The fraction of sp³-hybridized carbons (Fsp3) is 0.500. The van der Waals surface area contributed by atoms with Crippen molar-refractivity contribution in [2.24, 2.45) is 0 Å². The molecular weight excluding hydrogens is 252 g/mol. The number of anilines is 1.